The van der Waals surface area contributed by atoms with Crippen LogP contribution in [0.2, 0.25) is 5.02 Å². The molecule has 4 nitrogen and oxygen atoms in total. The molecule has 2 aliphatic heterocycles. The van der Waals surface area contributed by atoms with Crippen molar-refractivity contribution >= 4 is 23.3 Å². The van der Waals surface area contributed by atoms with Gasteiger partial charge in [-0.2, -0.15) is 0 Å². The standard InChI is InChI=1S/C16H22ClN3O/c17-12-6-1-2-7-13(12)19-16(21)20-11-4-3-9-15(20)14-8-5-10-18-14/h1-2,6-7,14-15,18H,3-5,8-11H2,(H,19,21). The van der Waals surface area contributed by atoms with Gasteiger partial charge >= 0.3 is 6.03 Å². The Morgan fingerprint density at radius 3 is 2.86 bits per heavy atom. The number of rotatable bonds is 2. The Labute approximate surface area is 130 Å². The van der Waals surface area contributed by atoms with Gasteiger partial charge in [0.25, 0.3) is 0 Å². The molecule has 0 radical (unpaired) electrons. The highest BCUT2D eigenvalue weighted by Gasteiger charge is 2.34. The van der Waals surface area contributed by atoms with E-state index < -0.39 is 0 Å². The minimum absolute atomic E-state index is 0.0264. The Morgan fingerprint density at radius 1 is 1.24 bits per heavy atom. The van der Waals surface area contributed by atoms with Crippen molar-refractivity contribution in [3.63, 3.8) is 0 Å². The molecule has 0 aromatic heterocycles. The number of hydrogen-bond donors (Lipinski definition) is 2. The molecular formula is C16H22ClN3O. The van der Waals surface area contributed by atoms with Crippen LogP contribution in [0, 0.1) is 0 Å². The Bertz CT molecular complexity index is 502. The maximum Gasteiger partial charge on any atom is 0.322 e. The monoisotopic (exact) mass is 307 g/mol. The van der Waals surface area contributed by atoms with Gasteiger partial charge < -0.3 is 15.5 Å². The zero-order chi connectivity index (χ0) is 14.7. The van der Waals surface area contributed by atoms with Crippen molar-refractivity contribution in [3.8, 4) is 0 Å². The number of piperidine rings is 1. The first-order valence-electron chi connectivity index (χ1n) is 7.81. The quantitative estimate of drug-likeness (QED) is 0.878. The number of carbonyl (C=O) groups excluding carboxylic acids is 1. The average molecular weight is 308 g/mol. The lowest BCUT2D eigenvalue weighted by molar-refractivity contribution is 0.143. The topological polar surface area (TPSA) is 44.4 Å². The molecule has 0 aliphatic carbocycles. The molecule has 2 aliphatic rings. The van der Waals surface area contributed by atoms with Crippen molar-refractivity contribution in [2.45, 2.75) is 44.2 Å². The summed E-state index contributed by atoms with van der Waals surface area (Å²) in [4.78, 5) is 14.6. The third-order valence-electron chi connectivity index (χ3n) is 4.49. The maximum absolute atomic E-state index is 12.6. The van der Waals surface area contributed by atoms with E-state index in [1.165, 1.54) is 19.3 Å². The number of nitrogens with zero attached hydrogens (tertiary/aromatic N) is 1. The van der Waals surface area contributed by atoms with Crippen LogP contribution >= 0.6 is 11.6 Å². The van der Waals surface area contributed by atoms with E-state index in [9.17, 15) is 4.79 Å². The number of likely N-dealkylation sites (tertiary alicyclic amines) is 1. The molecule has 2 N–H and O–H groups in total. The molecular weight excluding hydrogens is 286 g/mol. The van der Waals surface area contributed by atoms with Crippen LogP contribution in [0.25, 0.3) is 0 Å². The number of para-hydroxylation sites is 1. The van der Waals surface area contributed by atoms with E-state index in [4.69, 9.17) is 11.6 Å². The van der Waals surface area contributed by atoms with E-state index in [-0.39, 0.29) is 6.03 Å². The summed E-state index contributed by atoms with van der Waals surface area (Å²) in [5, 5.41) is 7.08. The van der Waals surface area contributed by atoms with Gasteiger partial charge in [-0.25, -0.2) is 4.79 Å². The van der Waals surface area contributed by atoms with E-state index in [1.54, 1.807) is 6.07 Å². The second-order valence-corrected chi connectivity index (χ2v) is 6.28. The highest BCUT2D eigenvalue weighted by Crippen LogP contribution is 2.26. The lowest BCUT2D eigenvalue weighted by Crippen LogP contribution is -2.53. The van der Waals surface area contributed by atoms with Gasteiger partial charge in [-0.05, 0) is 50.8 Å². The van der Waals surface area contributed by atoms with Crippen molar-refractivity contribution in [3.05, 3.63) is 29.3 Å². The van der Waals surface area contributed by atoms with Gasteiger partial charge in [0.05, 0.1) is 10.7 Å². The largest absolute Gasteiger partial charge is 0.322 e. The Balaban J connectivity index is 1.70. The molecule has 1 aromatic carbocycles. The molecule has 5 heteroatoms. The molecule has 21 heavy (non-hydrogen) atoms. The summed E-state index contributed by atoms with van der Waals surface area (Å²) in [7, 11) is 0. The van der Waals surface area contributed by atoms with Gasteiger partial charge in [0, 0.05) is 18.6 Å². The van der Waals surface area contributed by atoms with Crippen molar-refractivity contribution in [2.24, 2.45) is 0 Å². The fourth-order valence-corrected chi connectivity index (χ4v) is 3.60. The number of benzene rings is 1. The molecule has 2 atom stereocenters. The van der Waals surface area contributed by atoms with Crippen molar-refractivity contribution in [1.29, 1.82) is 0 Å². The van der Waals surface area contributed by atoms with Crippen LogP contribution in [0.15, 0.2) is 24.3 Å². The van der Waals surface area contributed by atoms with E-state index >= 15 is 0 Å². The van der Waals surface area contributed by atoms with E-state index in [0.717, 1.165) is 25.9 Å². The van der Waals surface area contributed by atoms with Gasteiger partial charge in [-0.15, -0.1) is 0 Å². The van der Waals surface area contributed by atoms with Crippen LogP contribution in [0.4, 0.5) is 10.5 Å². The molecule has 0 spiro atoms. The number of halogens is 1. The molecule has 2 unspecified atom stereocenters. The Hall–Kier alpha value is -1.26. The molecule has 2 fully saturated rings. The fourth-order valence-electron chi connectivity index (χ4n) is 3.42. The summed E-state index contributed by atoms with van der Waals surface area (Å²) in [6, 6.07) is 8.11. The van der Waals surface area contributed by atoms with Gasteiger partial charge in [0.1, 0.15) is 0 Å². The van der Waals surface area contributed by atoms with Crippen molar-refractivity contribution in [2.75, 3.05) is 18.4 Å². The fraction of sp³-hybridized carbons (Fsp3) is 0.562. The first-order chi connectivity index (χ1) is 10.3. The van der Waals surface area contributed by atoms with Crippen LogP contribution in [-0.2, 0) is 0 Å². The Kier molecular flexibility index (Phi) is 4.66. The third kappa shape index (κ3) is 3.33. The number of hydrogen-bond acceptors (Lipinski definition) is 2. The van der Waals surface area contributed by atoms with Crippen LogP contribution in [0.5, 0.6) is 0 Å². The minimum Gasteiger partial charge on any atom is -0.320 e. The number of amides is 2. The average Bonchev–Trinajstić information content (AvgIpc) is 3.04. The molecule has 3 rings (SSSR count). The second kappa shape index (κ2) is 6.67. The predicted octanol–water partition coefficient (Wildman–Crippen LogP) is 3.48. The smallest absolute Gasteiger partial charge is 0.320 e. The summed E-state index contributed by atoms with van der Waals surface area (Å²) in [6.07, 6.45) is 5.76. The van der Waals surface area contributed by atoms with Gasteiger partial charge in [-0.3, -0.25) is 0 Å². The van der Waals surface area contributed by atoms with Crippen LogP contribution in [0.3, 0.4) is 0 Å². The molecule has 0 saturated carbocycles. The molecule has 0 bridgehead atoms. The van der Waals surface area contributed by atoms with Crippen molar-refractivity contribution < 1.29 is 4.79 Å². The first kappa shape index (κ1) is 14.7. The van der Waals surface area contributed by atoms with Crippen LogP contribution in [-0.4, -0.2) is 36.1 Å². The number of carbonyl (C=O) groups is 1. The first-order valence-corrected chi connectivity index (χ1v) is 8.19. The van der Waals surface area contributed by atoms with Crippen molar-refractivity contribution in [1.82, 2.24) is 10.2 Å². The van der Waals surface area contributed by atoms with Gasteiger partial charge in [0.2, 0.25) is 0 Å². The number of anilines is 1. The van der Waals surface area contributed by atoms with Gasteiger partial charge in [0.15, 0.2) is 0 Å². The predicted molar refractivity (Wildman–Crippen MR) is 85.8 cm³/mol. The molecule has 1 aromatic rings. The summed E-state index contributed by atoms with van der Waals surface area (Å²) < 4.78 is 0. The number of nitrogens with one attached hydrogen (secondary N) is 2. The van der Waals surface area contributed by atoms with Crippen LogP contribution < -0.4 is 10.6 Å². The van der Waals surface area contributed by atoms with E-state index in [2.05, 4.69) is 10.6 Å². The maximum atomic E-state index is 12.6. The Morgan fingerprint density at radius 2 is 2.10 bits per heavy atom. The highest BCUT2D eigenvalue weighted by molar-refractivity contribution is 6.33. The zero-order valence-corrected chi connectivity index (χ0v) is 12.9. The molecule has 2 amide bonds. The normalized spacial score (nSPS) is 25.9. The summed E-state index contributed by atoms with van der Waals surface area (Å²) in [6.45, 7) is 1.90. The van der Waals surface area contributed by atoms with Crippen LogP contribution in [0.1, 0.15) is 32.1 Å². The minimum atomic E-state index is -0.0264. The third-order valence-corrected chi connectivity index (χ3v) is 4.82. The SMILES string of the molecule is O=C(Nc1ccccc1Cl)N1CCCCC1C1CCCN1. The van der Waals surface area contributed by atoms with E-state index in [1.807, 2.05) is 23.1 Å². The second-order valence-electron chi connectivity index (χ2n) is 5.87. The van der Waals surface area contributed by atoms with E-state index in [0.29, 0.717) is 22.8 Å². The summed E-state index contributed by atoms with van der Waals surface area (Å²) in [5.74, 6) is 0. The molecule has 2 heterocycles. The number of urea groups is 1. The lowest BCUT2D eigenvalue weighted by atomic mass is 9.95. The molecule has 2 saturated heterocycles. The van der Waals surface area contributed by atoms with Gasteiger partial charge in [-0.1, -0.05) is 23.7 Å². The summed E-state index contributed by atoms with van der Waals surface area (Å²) >= 11 is 6.13. The zero-order valence-electron chi connectivity index (χ0n) is 12.1. The molecule has 114 valence electrons. The lowest BCUT2D eigenvalue weighted by Gasteiger charge is -2.39. The summed E-state index contributed by atoms with van der Waals surface area (Å²) in [5.41, 5.74) is 0.688. The highest BCUT2D eigenvalue weighted by atomic mass is 35.5.